The van der Waals surface area contributed by atoms with Crippen LogP contribution in [0.2, 0.25) is 0 Å². The van der Waals surface area contributed by atoms with Gasteiger partial charge in [-0.05, 0) is 36.8 Å². The van der Waals surface area contributed by atoms with E-state index in [0.717, 1.165) is 17.7 Å². The monoisotopic (exact) mass is 302 g/mol. The molecule has 0 fully saturated rings. The number of rotatable bonds is 7. The number of nitriles is 1. The number of nitrogens with zero attached hydrogens (tertiary/aromatic N) is 1. The van der Waals surface area contributed by atoms with Crippen LogP contribution in [0.1, 0.15) is 52.5 Å². The van der Waals surface area contributed by atoms with Gasteiger partial charge in [-0.15, -0.1) is 0 Å². The van der Waals surface area contributed by atoms with E-state index in [0.29, 0.717) is 5.92 Å². The Morgan fingerprint density at radius 2 is 2.00 bits per heavy atom. The lowest BCUT2D eigenvalue weighted by molar-refractivity contribution is -0.124. The zero-order valence-electron chi connectivity index (χ0n) is 14.1. The molecule has 1 aromatic carbocycles. The highest BCUT2D eigenvalue weighted by atomic mass is 16.5. The minimum atomic E-state index is -0.878. The fraction of sp³-hybridized carbons (Fsp3) is 0.556. The molecule has 0 radical (unpaired) electrons. The molecule has 0 spiro atoms. The molecule has 0 aromatic heterocycles. The van der Waals surface area contributed by atoms with Crippen molar-refractivity contribution in [3.05, 3.63) is 29.8 Å². The topological polar surface area (TPSA) is 62.1 Å². The van der Waals surface area contributed by atoms with Crippen LogP contribution < -0.4 is 10.1 Å². The van der Waals surface area contributed by atoms with Crippen molar-refractivity contribution in [2.75, 3.05) is 6.61 Å². The van der Waals surface area contributed by atoms with Crippen LogP contribution in [0.4, 0.5) is 0 Å². The Labute approximate surface area is 133 Å². The van der Waals surface area contributed by atoms with Crippen LogP contribution in [0, 0.1) is 17.2 Å². The van der Waals surface area contributed by atoms with Crippen LogP contribution in [0.3, 0.4) is 0 Å². The summed E-state index contributed by atoms with van der Waals surface area (Å²) in [6.07, 6.45) is 1.01. The molecule has 1 amide bonds. The largest absolute Gasteiger partial charge is 0.483 e. The number of hydrogen-bond donors (Lipinski definition) is 1. The standard InChI is InChI=1S/C18H26N2O2/c1-6-14(4)15-9-7-8-10-16(15)22-11-17(21)20-18(5,12-19)13(2)3/h7-10,13-14H,6,11H2,1-5H3,(H,20,21). The van der Waals surface area contributed by atoms with E-state index in [1.165, 1.54) is 0 Å². The molecule has 1 rings (SSSR count). The molecule has 1 N–H and O–H groups in total. The number of ether oxygens (including phenoxy) is 1. The van der Waals surface area contributed by atoms with Gasteiger partial charge >= 0.3 is 0 Å². The maximum atomic E-state index is 12.1. The molecule has 1 aromatic rings. The summed E-state index contributed by atoms with van der Waals surface area (Å²) in [6, 6.07) is 9.92. The predicted molar refractivity (Wildman–Crippen MR) is 87.6 cm³/mol. The Hall–Kier alpha value is -2.02. The lowest BCUT2D eigenvalue weighted by Gasteiger charge is -2.27. The minimum absolute atomic E-state index is 0.0221. The van der Waals surface area contributed by atoms with Crippen LogP contribution in [0.5, 0.6) is 5.75 Å². The van der Waals surface area contributed by atoms with E-state index in [-0.39, 0.29) is 18.4 Å². The Morgan fingerprint density at radius 3 is 2.55 bits per heavy atom. The second-order valence-electron chi connectivity index (χ2n) is 6.15. The lowest BCUT2D eigenvalue weighted by atomic mass is 9.90. The van der Waals surface area contributed by atoms with Crippen molar-refractivity contribution in [2.24, 2.45) is 5.92 Å². The van der Waals surface area contributed by atoms with Gasteiger partial charge in [0.25, 0.3) is 5.91 Å². The summed E-state index contributed by atoms with van der Waals surface area (Å²) in [6.45, 7) is 9.70. The predicted octanol–water partition coefficient (Wildman–Crippen LogP) is 3.63. The average molecular weight is 302 g/mol. The number of carbonyl (C=O) groups is 1. The van der Waals surface area contributed by atoms with E-state index in [4.69, 9.17) is 4.74 Å². The summed E-state index contributed by atoms with van der Waals surface area (Å²) in [5.74, 6) is 0.847. The van der Waals surface area contributed by atoms with Gasteiger partial charge in [-0.2, -0.15) is 5.26 Å². The highest BCUT2D eigenvalue weighted by molar-refractivity contribution is 5.78. The van der Waals surface area contributed by atoms with Crippen molar-refractivity contribution in [1.29, 1.82) is 5.26 Å². The summed E-state index contributed by atoms with van der Waals surface area (Å²) in [5.41, 5.74) is 0.223. The van der Waals surface area contributed by atoms with Gasteiger partial charge in [0.05, 0.1) is 6.07 Å². The second-order valence-corrected chi connectivity index (χ2v) is 6.15. The van der Waals surface area contributed by atoms with Crippen molar-refractivity contribution in [1.82, 2.24) is 5.32 Å². The molecule has 0 aliphatic rings. The van der Waals surface area contributed by atoms with E-state index in [1.54, 1.807) is 6.92 Å². The molecule has 22 heavy (non-hydrogen) atoms. The molecule has 0 saturated carbocycles. The Morgan fingerprint density at radius 1 is 1.36 bits per heavy atom. The van der Waals surface area contributed by atoms with Gasteiger partial charge in [0.15, 0.2) is 6.61 Å². The first kappa shape index (κ1) is 18.0. The van der Waals surface area contributed by atoms with Crippen molar-refractivity contribution in [2.45, 2.75) is 52.5 Å². The molecule has 4 heteroatoms. The number of amides is 1. The number of para-hydroxylation sites is 1. The minimum Gasteiger partial charge on any atom is -0.483 e. The SMILES string of the molecule is CCC(C)c1ccccc1OCC(=O)NC(C)(C#N)C(C)C. The van der Waals surface area contributed by atoms with Crippen LogP contribution in [-0.2, 0) is 4.79 Å². The molecule has 0 heterocycles. The zero-order chi connectivity index (χ0) is 16.8. The summed E-state index contributed by atoms with van der Waals surface area (Å²) >= 11 is 0. The maximum absolute atomic E-state index is 12.1. The third kappa shape index (κ3) is 4.49. The quantitative estimate of drug-likeness (QED) is 0.836. The van der Waals surface area contributed by atoms with Gasteiger partial charge < -0.3 is 10.1 Å². The van der Waals surface area contributed by atoms with Crippen LogP contribution in [0.25, 0.3) is 0 Å². The molecule has 4 nitrogen and oxygen atoms in total. The number of benzene rings is 1. The first-order valence-corrected chi connectivity index (χ1v) is 7.78. The van der Waals surface area contributed by atoms with Crippen LogP contribution in [-0.4, -0.2) is 18.1 Å². The van der Waals surface area contributed by atoms with Crippen molar-refractivity contribution in [3.63, 3.8) is 0 Å². The molecule has 0 aliphatic heterocycles. The third-order valence-electron chi connectivity index (χ3n) is 4.21. The van der Waals surface area contributed by atoms with Gasteiger partial charge in [-0.25, -0.2) is 0 Å². The van der Waals surface area contributed by atoms with E-state index >= 15 is 0 Å². The van der Waals surface area contributed by atoms with Gasteiger partial charge in [0.1, 0.15) is 11.3 Å². The van der Waals surface area contributed by atoms with Crippen LogP contribution >= 0.6 is 0 Å². The molecule has 0 saturated heterocycles. The highest BCUT2D eigenvalue weighted by Gasteiger charge is 2.30. The summed E-state index contributed by atoms with van der Waals surface area (Å²) in [7, 11) is 0. The molecule has 2 unspecified atom stereocenters. The molecule has 0 aliphatic carbocycles. The highest BCUT2D eigenvalue weighted by Crippen LogP contribution is 2.28. The molecule has 2 atom stereocenters. The van der Waals surface area contributed by atoms with Gasteiger partial charge in [0.2, 0.25) is 0 Å². The summed E-state index contributed by atoms with van der Waals surface area (Å²) in [5, 5.41) is 12.0. The normalized spacial score (nSPS) is 14.8. The summed E-state index contributed by atoms with van der Waals surface area (Å²) < 4.78 is 5.67. The first-order chi connectivity index (χ1) is 10.3. The van der Waals surface area contributed by atoms with Gasteiger partial charge in [-0.1, -0.05) is 45.9 Å². The maximum Gasteiger partial charge on any atom is 0.259 e. The number of carbonyl (C=O) groups excluding carboxylic acids is 1. The lowest BCUT2D eigenvalue weighted by Crippen LogP contribution is -2.50. The van der Waals surface area contributed by atoms with Crippen molar-refractivity contribution in [3.8, 4) is 11.8 Å². The summed E-state index contributed by atoms with van der Waals surface area (Å²) in [4.78, 5) is 12.1. The fourth-order valence-corrected chi connectivity index (χ4v) is 2.01. The van der Waals surface area contributed by atoms with Gasteiger partial charge in [0, 0.05) is 0 Å². The Kier molecular flexibility index (Phi) is 6.42. The first-order valence-electron chi connectivity index (χ1n) is 7.78. The fourth-order valence-electron chi connectivity index (χ4n) is 2.01. The smallest absolute Gasteiger partial charge is 0.259 e. The van der Waals surface area contributed by atoms with E-state index in [2.05, 4.69) is 25.2 Å². The van der Waals surface area contributed by atoms with E-state index < -0.39 is 5.54 Å². The number of nitrogens with one attached hydrogen (secondary N) is 1. The van der Waals surface area contributed by atoms with E-state index in [9.17, 15) is 10.1 Å². The second kappa shape index (κ2) is 7.84. The van der Waals surface area contributed by atoms with Crippen molar-refractivity contribution >= 4 is 5.91 Å². The zero-order valence-corrected chi connectivity index (χ0v) is 14.1. The average Bonchev–Trinajstić information content (AvgIpc) is 2.52. The molecule has 120 valence electrons. The number of hydrogen-bond acceptors (Lipinski definition) is 3. The molecular weight excluding hydrogens is 276 g/mol. The molecular formula is C18H26N2O2. The van der Waals surface area contributed by atoms with Gasteiger partial charge in [-0.3, -0.25) is 4.79 Å². The van der Waals surface area contributed by atoms with Crippen LogP contribution in [0.15, 0.2) is 24.3 Å². The third-order valence-corrected chi connectivity index (χ3v) is 4.21. The molecule has 0 bridgehead atoms. The Balaban J connectivity index is 2.72. The van der Waals surface area contributed by atoms with Crippen molar-refractivity contribution < 1.29 is 9.53 Å². The Bertz CT molecular complexity index is 548. The van der Waals surface area contributed by atoms with E-state index in [1.807, 2.05) is 38.1 Å².